The third kappa shape index (κ3) is 3.61. The van der Waals surface area contributed by atoms with Gasteiger partial charge in [-0.3, -0.25) is 4.79 Å². The first-order valence-corrected chi connectivity index (χ1v) is 6.80. The quantitative estimate of drug-likeness (QED) is 0.773. The first-order valence-electron chi connectivity index (χ1n) is 6.80. The van der Waals surface area contributed by atoms with Crippen LogP contribution in [0.1, 0.15) is 58.2 Å². The number of Topliss-reactive ketones (excluding diaryl/α,β-unsaturated/α-hetero) is 1. The van der Waals surface area contributed by atoms with Crippen molar-refractivity contribution in [2.45, 2.75) is 58.2 Å². The molecule has 0 radical (unpaired) electrons. The standard InChI is InChI=1S/C13H19F3N2O3/c1-5-12(6-2,20-7-3)11-17-10(21-18-11)8(4)9(19)13(14,15)16/h8H,5-7H2,1-4H3. The van der Waals surface area contributed by atoms with Crippen LogP contribution in [0.3, 0.4) is 0 Å². The van der Waals surface area contributed by atoms with E-state index >= 15 is 0 Å². The lowest BCUT2D eigenvalue weighted by molar-refractivity contribution is -0.172. The molecular weight excluding hydrogens is 289 g/mol. The van der Waals surface area contributed by atoms with Crippen LogP contribution in [0.15, 0.2) is 4.52 Å². The highest BCUT2D eigenvalue weighted by Crippen LogP contribution is 2.33. The van der Waals surface area contributed by atoms with Gasteiger partial charge in [0.15, 0.2) is 0 Å². The molecule has 21 heavy (non-hydrogen) atoms. The average Bonchev–Trinajstić information content (AvgIpc) is 2.92. The van der Waals surface area contributed by atoms with Crippen molar-refractivity contribution in [3.8, 4) is 0 Å². The minimum absolute atomic E-state index is 0.172. The monoisotopic (exact) mass is 308 g/mol. The van der Waals surface area contributed by atoms with E-state index in [1.165, 1.54) is 0 Å². The van der Waals surface area contributed by atoms with Crippen LogP contribution in [-0.2, 0) is 15.1 Å². The van der Waals surface area contributed by atoms with Crippen LogP contribution in [0.5, 0.6) is 0 Å². The summed E-state index contributed by atoms with van der Waals surface area (Å²) in [6, 6.07) is 0. The number of rotatable bonds is 7. The van der Waals surface area contributed by atoms with Gasteiger partial charge < -0.3 is 9.26 Å². The molecule has 0 saturated heterocycles. The normalized spacial score (nSPS) is 14.2. The number of carbonyl (C=O) groups excluding carboxylic acids is 1. The Labute approximate surface area is 120 Å². The molecule has 1 heterocycles. The maximum atomic E-state index is 12.4. The highest BCUT2D eigenvalue weighted by Gasteiger charge is 2.44. The number of ether oxygens (including phenoxy) is 1. The van der Waals surface area contributed by atoms with Crippen LogP contribution < -0.4 is 0 Å². The molecule has 1 atom stereocenters. The Morgan fingerprint density at radius 2 is 1.86 bits per heavy atom. The summed E-state index contributed by atoms with van der Waals surface area (Å²) in [4.78, 5) is 15.2. The van der Waals surface area contributed by atoms with Gasteiger partial charge in [-0.15, -0.1) is 0 Å². The summed E-state index contributed by atoms with van der Waals surface area (Å²) in [5.41, 5.74) is -0.808. The Kier molecular flexibility index (Phi) is 5.49. The zero-order valence-electron chi connectivity index (χ0n) is 12.5. The third-order valence-electron chi connectivity index (χ3n) is 3.46. The fourth-order valence-electron chi connectivity index (χ4n) is 2.06. The largest absolute Gasteiger partial charge is 0.450 e. The van der Waals surface area contributed by atoms with Crippen LogP contribution in [0.25, 0.3) is 0 Å². The number of ketones is 1. The number of carbonyl (C=O) groups is 1. The van der Waals surface area contributed by atoms with Gasteiger partial charge in [0.25, 0.3) is 0 Å². The molecule has 0 aliphatic carbocycles. The Balaban J connectivity index is 3.07. The molecule has 1 aromatic rings. The van der Waals surface area contributed by atoms with Crippen molar-refractivity contribution in [3.05, 3.63) is 11.7 Å². The molecule has 1 rings (SSSR count). The van der Waals surface area contributed by atoms with E-state index in [2.05, 4.69) is 10.1 Å². The number of aromatic nitrogens is 2. The number of nitrogens with zero attached hydrogens (tertiary/aromatic N) is 2. The predicted octanol–water partition coefficient (Wildman–Crippen LogP) is 3.36. The lowest BCUT2D eigenvalue weighted by Crippen LogP contribution is -2.30. The van der Waals surface area contributed by atoms with Gasteiger partial charge in [0.1, 0.15) is 11.5 Å². The smallest absolute Gasteiger partial charge is 0.367 e. The van der Waals surface area contributed by atoms with Crippen molar-refractivity contribution in [1.29, 1.82) is 0 Å². The van der Waals surface area contributed by atoms with Crippen LogP contribution in [0.4, 0.5) is 13.2 Å². The topological polar surface area (TPSA) is 65.2 Å². The van der Waals surface area contributed by atoms with Crippen molar-refractivity contribution in [2.24, 2.45) is 0 Å². The van der Waals surface area contributed by atoms with Gasteiger partial charge in [0.2, 0.25) is 17.5 Å². The fourth-order valence-corrected chi connectivity index (χ4v) is 2.06. The zero-order chi connectivity index (χ0) is 16.3. The Bertz CT molecular complexity index is 481. The van der Waals surface area contributed by atoms with E-state index in [1.807, 2.05) is 13.8 Å². The Morgan fingerprint density at radius 1 is 1.29 bits per heavy atom. The fraction of sp³-hybridized carbons (Fsp3) is 0.769. The SMILES string of the molecule is CCOC(CC)(CC)c1noc(C(C)C(=O)C(F)(F)F)n1. The molecule has 0 N–H and O–H groups in total. The molecule has 8 heteroatoms. The summed E-state index contributed by atoms with van der Waals surface area (Å²) >= 11 is 0. The molecule has 0 aromatic carbocycles. The van der Waals surface area contributed by atoms with Crippen molar-refractivity contribution < 1.29 is 27.2 Å². The summed E-state index contributed by atoms with van der Waals surface area (Å²) in [7, 11) is 0. The molecule has 0 bridgehead atoms. The molecule has 5 nitrogen and oxygen atoms in total. The van der Waals surface area contributed by atoms with Crippen LogP contribution >= 0.6 is 0 Å². The number of halogens is 3. The summed E-state index contributed by atoms with van der Waals surface area (Å²) < 4.78 is 47.7. The maximum Gasteiger partial charge on any atom is 0.450 e. The molecule has 0 fully saturated rings. The van der Waals surface area contributed by atoms with Gasteiger partial charge in [-0.05, 0) is 26.7 Å². The zero-order valence-corrected chi connectivity index (χ0v) is 12.5. The van der Waals surface area contributed by atoms with E-state index in [0.717, 1.165) is 6.92 Å². The number of hydrogen-bond acceptors (Lipinski definition) is 5. The third-order valence-corrected chi connectivity index (χ3v) is 3.46. The minimum atomic E-state index is -4.93. The minimum Gasteiger partial charge on any atom is -0.367 e. The number of alkyl halides is 3. The van der Waals surface area contributed by atoms with E-state index in [9.17, 15) is 18.0 Å². The van der Waals surface area contributed by atoms with E-state index in [0.29, 0.717) is 19.4 Å². The Morgan fingerprint density at radius 3 is 2.29 bits per heavy atom. The van der Waals surface area contributed by atoms with Gasteiger partial charge in [0, 0.05) is 6.61 Å². The van der Waals surface area contributed by atoms with Gasteiger partial charge in [0.05, 0.1) is 0 Å². The lowest BCUT2D eigenvalue weighted by atomic mass is 9.96. The highest BCUT2D eigenvalue weighted by molar-refractivity contribution is 5.89. The molecule has 0 aliphatic rings. The van der Waals surface area contributed by atoms with Crippen LogP contribution in [0, 0.1) is 0 Å². The molecule has 0 amide bonds. The molecule has 120 valence electrons. The lowest BCUT2D eigenvalue weighted by Gasteiger charge is -2.27. The average molecular weight is 308 g/mol. The van der Waals surface area contributed by atoms with E-state index in [1.54, 1.807) is 6.92 Å². The molecular formula is C13H19F3N2O3. The van der Waals surface area contributed by atoms with E-state index < -0.39 is 23.5 Å². The second-order valence-electron chi connectivity index (χ2n) is 4.67. The maximum absolute atomic E-state index is 12.4. The van der Waals surface area contributed by atoms with Gasteiger partial charge >= 0.3 is 6.18 Å². The van der Waals surface area contributed by atoms with Crippen molar-refractivity contribution in [3.63, 3.8) is 0 Å². The summed E-state index contributed by atoms with van der Waals surface area (Å²) in [6.07, 6.45) is -3.85. The predicted molar refractivity (Wildman–Crippen MR) is 67.7 cm³/mol. The first-order chi connectivity index (χ1) is 9.71. The van der Waals surface area contributed by atoms with E-state index in [-0.39, 0.29) is 11.7 Å². The highest BCUT2D eigenvalue weighted by atomic mass is 19.4. The second kappa shape index (κ2) is 6.55. The Hall–Kier alpha value is -1.44. The van der Waals surface area contributed by atoms with Crippen molar-refractivity contribution >= 4 is 5.78 Å². The second-order valence-corrected chi connectivity index (χ2v) is 4.67. The van der Waals surface area contributed by atoms with Crippen LogP contribution in [-0.4, -0.2) is 28.7 Å². The molecule has 0 spiro atoms. The van der Waals surface area contributed by atoms with Gasteiger partial charge in [-0.1, -0.05) is 19.0 Å². The molecule has 0 aliphatic heterocycles. The molecule has 0 saturated carbocycles. The number of hydrogen-bond donors (Lipinski definition) is 0. The summed E-state index contributed by atoms with van der Waals surface area (Å²) in [5.74, 6) is -3.61. The van der Waals surface area contributed by atoms with Crippen molar-refractivity contribution in [2.75, 3.05) is 6.61 Å². The molecule has 1 aromatic heterocycles. The first kappa shape index (κ1) is 17.6. The van der Waals surface area contributed by atoms with Crippen LogP contribution in [0.2, 0.25) is 0 Å². The van der Waals surface area contributed by atoms with Crippen molar-refractivity contribution in [1.82, 2.24) is 10.1 Å². The summed E-state index contributed by atoms with van der Waals surface area (Å²) in [5, 5.41) is 3.70. The van der Waals surface area contributed by atoms with E-state index in [4.69, 9.17) is 9.26 Å². The molecule has 1 unspecified atom stereocenters. The van der Waals surface area contributed by atoms with Gasteiger partial charge in [-0.2, -0.15) is 18.2 Å². The van der Waals surface area contributed by atoms with Gasteiger partial charge in [-0.25, -0.2) is 0 Å². The summed E-state index contributed by atoms with van der Waals surface area (Å²) in [6.45, 7) is 7.02.